The molecule has 0 amide bonds. The van der Waals surface area contributed by atoms with E-state index in [4.69, 9.17) is 9.84 Å². The van der Waals surface area contributed by atoms with E-state index in [1.165, 1.54) is 30.2 Å². The zero-order chi connectivity index (χ0) is 16.2. The number of halogens is 3. The number of alkyl halides is 3. The molecule has 0 radical (unpaired) electrons. The molecule has 0 heterocycles. The van der Waals surface area contributed by atoms with Gasteiger partial charge in [0.2, 0.25) is 0 Å². The first kappa shape index (κ1) is 17.3. The Hall–Kier alpha value is -1.76. The van der Waals surface area contributed by atoms with Crippen molar-refractivity contribution in [3.63, 3.8) is 0 Å². The van der Waals surface area contributed by atoms with Crippen LogP contribution in [0, 0.1) is 0 Å². The van der Waals surface area contributed by atoms with Crippen LogP contribution in [0.25, 0.3) is 0 Å². The number of hydrogen-bond acceptors (Lipinski definition) is 3. The average Bonchev–Trinajstić information content (AvgIpc) is 2.35. The molecule has 0 aliphatic rings. The summed E-state index contributed by atoms with van der Waals surface area (Å²) in [6.07, 6.45) is -4.28. The molecule has 1 aromatic carbocycles. The van der Waals surface area contributed by atoms with Crippen molar-refractivity contribution < 1.29 is 27.8 Å². The molecule has 1 aromatic rings. The Balaban J connectivity index is 2.97. The second-order valence-electron chi connectivity index (χ2n) is 4.95. The van der Waals surface area contributed by atoms with Gasteiger partial charge in [0.25, 0.3) is 0 Å². The number of carboxylic acid groups (broad SMARTS) is 1. The lowest BCUT2D eigenvalue weighted by Gasteiger charge is -2.27. The molecule has 0 spiro atoms. The maximum atomic E-state index is 12.5. The highest BCUT2D eigenvalue weighted by Gasteiger charge is 2.31. The van der Waals surface area contributed by atoms with Crippen molar-refractivity contribution in [2.45, 2.75) is 32.6 Å². The highest BCUT2D eigenvalue weighted by atomic mass is 19.4. The number of methoxy groups -OCH3 is 1. The smallest absolute Gasteiger partial charge is 0.401 e. The Labute approximate surface area is 121 Å². The molecule has 4 nitrogen and oxygen atoms in total. The fourth-order valence-electron chi connectivity index (χ4n) is 1.90. The minimum atomic E-state index is -4.28. The van der Waals surface area contributed by atoms with Crippen LogP contribution in [0.4, 0.5) is 13.2 Å². The standard InChI is InChI=1S/C14H18F3NO3/c1-9(2)18(8-14(15,16)17)7-10-4-5-11(13(19)20)12(6-10)21-3/h4-6,9H,7-8H2,1-3H3,(H,19,20). The molecule has 0 unspecified atom stereocenters. The minimum Gasteiger partial charge on any atom is -0.496 e. The molecule has 118 valence electrons. The van der Waals surface area contributed by atoms with E-state index in [1.807, 2.05) is 0 Å². The normalized spacial score (nSPS) is 12.0. The van der Waals surface area contributed by atoms with Crippen LogP contribution in [-0.4, -0.2) is 41.8 Å². The lowest BCUT2D eigenvalue weighted by molar-refractivity contribution is -0.150. The molecule has 0 saturated carbocycles. The fraction of sp³-hybridized carbons (Fsp3) is 0.500. The van der Waals surface area contributed by atoms with Crippen molar-refractivity contribution in [2.24, 2.45) is 0 Å². The van der Waals surface area contributed by atoms with Crippen LogP contribution in [0.15, 0.2) is 18.2 Å². The maximum absolute atomic E-state index is 12.5. The number of ether oxygens (including phenoxy) is 1. The van der Waals surface area contributed by atoms with E-state index >= 15 is 0 Å². The topological polar surface area (TPSA) is 49.8 Å². The molecule has 0 bridgehead atoms. The van der Waals surface area contributed by atoms with Gasteiger partial charge in [0, 0.05) is 12.6 Å². The number of rotatable bonds is 6. The molecule has 7 heteroatoms. The van der Waals surface area contributed by atoms with Gasteiger partial charge in [-0.05, 0) is 31.5 Å². The summed E-state index contributed by atoms with van der Waals surface area (Å²) in [6, 6.07) is 3.99. The molecule has 0 aromatic heterocycles. The Bertz CT molecular complexity index is 501. The largest absolute Gasteiger partial charge is 0.496 e. The van der Waals surface area contributed by atoms with Crippen molar-refractivity contribution in [1.29, 1.82) is 0 Å². The molecule has 0 aliphatic heterocycles. The molecule has 1 rings (SSSR count). The summed E-state index contributed by atoms with van der Waals surface area (Å²) in [5.74, 6) is -1.01. The van der Waals surface area contributed by atoms with Crippen LogP contribution in [0.3, 0.4) is 0 Å². The number of benzene rings is 1. The number of carboxylic acids is 1. The van der Waals surface area contributed by atoms with Crippen LogP contribution >= 0.6 is 0 Å². The van der Waals surface area contributed by atoms with Crippen molar-refractivity contribution in [1.82, 2.24) is 4.90 Å². The van der Waals surface area contributed by atoms with E-state index in [9.17, 15) is 18.0 Å². The second-order valence-corrected chi connectivity index (χ2v) is 4.95. The van der Waals surface area contributed by atoms with Gasteiger partial charge in [-0.25, -0.2) is 4.79 Å². The number of nitrogens with zero attached hydrogens (tertiary/aromatic N) is 1. The van der Waals surface area contributed by atoms with Gasteiger partial charge in [-0.2, -0.15) is 13.2 Å². The summed E-state index contributed by atoms with van der Waals surface area (Å²) in [5, 5.41) is 8.97. The highest BCUT2D eigenvalue weighted by Crippen LogP contribution is 2.24. The van der Waals surface area contributed by atoms with E-state index in [1.54, 1.807) is 13.8 Å². The highest BCUT2D eigenvalue weighted by molar-refractivity contribution is 5.90. The predicted molar refractivity (Wildman–Crippen MR) is 71.6 cm³/mol. The summed E-state index contributed by atoms with van der Waals surface area (Å²) in [4.78, 5) is 12.2. The van der Waals surface area contributed by atoms with Gasteiger partial charge in [-0.1, -0.05) is 6.07 Å². The summed E-state index contributed by atoms with van der Waals surface area (Å²) in [6.45, 7) is 2.39. The fourth-order valence-corrected chi connectivity index (χ4v) is 1.90. The van der Waals surface area contributed by atoms with Crippen molar-refractivity contribution in [3.05, 3.63) is 29.3 Å². The van der Waals surface area contributed by atoms with Gasteiger partial charge >= 0.3 is 12.1 Å². The van der Waals surface area contributed by atoms with Gasteiger partial charge in [0.05, 0.1) is 13.7 Å². The predicted octanol–water partition coefficient (Wildman–Crippen LogP) is 3.17. The van der Waals surface area contributed by atoms with Crippen LogP contribution in [0.1, 0.15) is 29.8 Å². The number of aromatic carboxylic acids is 1. The monoisotopic (exact) mass is 305 g/mol. The van der Waals surface area contributed by atoms with E-state index in [2.05, 4.69) is 0 Å². The third kappa shape index (κ3) is 5.26. The molecule has 0 saturated heterocycles. The molecule has 1 N–H and O–H groups in total. The Morgan fingerprint density at radius 1 is 1.38 bits per heavy atom. The van der Waals surface area contributed by atoms with Gasteiger partial charge in [-0.3, -0.25) is 4.90 Å². The summed E-state index contributed by atoms with van der Waals surface area (Å²) in [7, 11) is 1.32. The van der Waals surface area contributed by atoms with E-state index in [-0.39, 0.29) is 23.9 Å². The van der Waals surface area contributed by atoms with E-state index in [0.717, 1.165) is 0 Å². The maximum Gasteiger partial charge on any atom is 0.401 e. The Morgan fingerprint density at radius 2 is 2.00 bits per heavy atom. The van der Waals surface area contributed by atoms with Gasteiger partial charge in [0.1, 0.15) is 11.3 Å². The first-order valence-electron chi connectivity index (χ1n) is 6.35. The van der Waals surface area contributed by atoms with E-state index in [0.29, 0.717) is 5.56 Å². The van der Waals surface area contributed by atoms with Crippen LogP contribution < -0.4 is 4.74 Å². The van der Waals surface area contributed by atoms with Gasteiger partial charge < -0.3 is 9.84 Å². The molecule has 0 aliphatic carbocycles. The average molecular weight is 305 g/mol. The van der Waals surface area contributed by atoms with Gasteiger partial charge in [0.15, 0.2) is 0 Å². The van der Waals surface area contributed by atoms with Crippen molar-refractivity contribution in [2.75, 3.05) is 13.7 Å². The van der Waals surface area contributed by atoms with Crippen LogP contribution in [-0.2, 0) is 6.54 Å². The van der Waals surface area contributed by atoms with Gasteiger partial charge in [-0.15, -0.1) is 0 Å². The van der Waals surface area contributed by atoms with E-state index < -0.39 is 18.7 Å². The number of carbonyl (C=O) groups is 1. The van der Waals surface area contributed by atoms with Crippen LogP contribution in [0.5, 0.6) is 5.75 Å². The zero-order valence-corrected chi connectivity index (χ0v) is 12.1. The van der Waals surface area contributed by atoms with Crippen molar-refractivity contribution >= 4 is 5.97 Å². The second kappa shape index (κ2) is 6.80. The quantitative estimate of drug-likeness (QED) is 0.877. The first-order chi connectivity index (χ1) is 9.64. The first-order valence-corrected chi connectivity index (χ1v) is 6.35. The summed E-state index contributed by atoms with van der Waals surface area (Å²) in [5.41, 5.74) is 0.544. The Kier molecular flexibility index (Phi) is 5.60. The van der Waals surface area contributed by atoms with Crippen LogP contribution in [0.2, 0.25) is 0 Å². The number of hydrogen-bond donors (Lipinski definition) is 1. The third-order valence-corrected chi connectivity index (χ3v) is 2.99. The molecule has 0 fully saturated rings. The molecular formula is C14H18F3NO3. The molecule has 0 atom stereocenters. The Morgan fingerprint density at radius 3 is 2.43 bits per heavy atom. The lowest BCUT2D eigenvalue weighted by atomic mass is 10.1. The zero-order valence-electron chi connectivity index (χ0n) is 12.1. The lowest BCUT2D eigenvalue weighted by Crippen LogP contribution is -2.38. The SMILES string of the molecule is COc1cc(CN(CC(F)(F)F)C(C)C)ccc1C(=O)O. The molecular weight excluding hydrogens is 287 g/mol. The molecule has 21 heavy (non-hydrogen) atoms. The van der Waals surface area contributed by atoms with Crippen molar-refractivity contribution in [3.8, 4) is 5.75 Å². The third-order valence-electron chi connectivity index (χ3n) is 2.99. The summed E-state index contributed by atoms with van der Waals surface area (Å²) < 4.78 is 42.6. The summed E-state index contributed by atoms with van der Waals surface area (Å²) >= 11 is 0. The minimum absolute atomic E-state index is 0.0202.